The Labute approximate surface area is 195 Å². The quantitative estimate of drug-likeness (QED) is 0.467. The number of methoxy groups -OCH3 is 1. The van der Waals surface area contributed by atoms with Crippen LogP contribution in [0.1, 0.15) is 80.5 Å². The van der Waals surface area contributed by atoms with E-state index in [4.69, 9.17) is 14.5 Å². The summed E-state index contributed by atoms with van der Waals surface area (Å²) in [7, 11) is 1.61. The minimum absolute atomic E-state index is 0. The van der Waals surface area contributed by atoms with Crippen molar-refractivity contribution < 1.29 is 14.3 Å². The van der Waals surface area contributed by atoms with E-state index in [1.54, 1.807) is 24.5 Å². The van der Waals surface area contributed by atoms with Gasteiger partial charge in [0.05, 0.1) is 28.0 Å². The van der Waals surface area contributed by atoms with Crippen molar-refractivity contribution in [3.8, 4) is 5.75 Å². The van der Waals surface area contributed by atoms with Gasteiger partial charge in [-0.15, -0.1) is 11.3 Å². The first-order valence-electron chi connectivity index (χ1n) is 10.7. The lowest BCUT2D eigenvalue weighted by atomic mass is 9.90. The number of nitrogens with zero attached hydrogens (tertiary/aromatic N) is 2. The zero-order chi connectivity index (χ0) is 22.8. The molecule has 1 aliphatic carbocycles. The highest BCUT2D eigenvalue weighted by Gasteiger charge is 2.20. The molecule has 7 heteroatoms. The van der Waals surface area contributed by atoms with E-state index in [0.29, 0.717) is 23.0 Å². The monoisotopic (exact) mass is 457 g/mol. The summed E-state index contributed by atoms with van der Waals surface area (Å²) in [6.45, 7) is 7.87. The first-order valence-corrected chi connectivity index (χ1v) is 11.5. The molecule has 0 saturated heterocycles. The van der Waals surface area contributed by atoms with Crippen molar-refractivity contribution in [2.45, 2.75) is 66.2 Å². The molecule has 1 aliphatic rings. The van der Waals surface area contributed by atoms with Crippen LogP contribution in [0.2, 0.25) is 0 Å². The second-order valence-corrected chi connectivity index (χ2v) is 8.09. The predicted octanol–water partition coefficient (Wildman–Crippen LogP) is 6.79. The van der Waals surface area contributed by atoms with E-state index in [0.717, 1.165) is 15.9 Å². The summed E-state index contributed by atoms with van der Waals surface area (Å²) < 4.78 is 6.57. The fourth-order valence-electron chi connectivity index (χ4n) is 3.62. The van der Waals surface area contributed by atoms with Gasteiger partial charge in [-0.25, -0.2) is 9.97 Å². The van der Waals surface area contributed by atoms with Crippen molar-refractivity contribution in [2.24, 2.45) is 0 Å². The van der Waals surface area contributed by atoms with Gasteiger partial charge < -0.3 is 14.8 Å². The third-order valence-corrected chi connectivity index (χ3v) is 6.23. The normalized spacial score (nSPS) is 13.0. The van der Waals surface area contributed by atoms with E-state index in [1.165, 1.54) is 37.1 Å². The van der Waals surface area contributed by atoms with Crippen LogP contribution >= 0.6 is 11.3 Å². The molecule has 0 unspecified atom stereocenters. The van der Waals surface area contributed by atoms with E-state index in [-0.39, 0.29) is 13.3 Å². The first kappa shape index (κ1) is 27.2. The Morgan fingerprint density at radius 1 is 1.12 bits per heavy atom. The van der Waals surface area contributed by atoms with E-state index >= 15 is 0 Å². The van der Waals surface area contributed by atoms with Gasteiger partial charge in [-0.3, -0.25) is 4.79 Å². The van der Waals surface area contributed by atoms with Crippen LogP contribution in [0.15, 0.2) is 30.3 Å². The van der Waals surface area contributed by atoms with Crippen molar-refractivity contribution in [1.29, 1.82) is 0 Å². The molecule has 1 saturated carbocycles. The fraction of sp³-hybridized carbons (Fsp3) is 0.440. The Kier molecular flexibility index (Phi) is 11.6. The SMILES string of the molecule is C.C=O.CC.COc1cc2nc(C3CCCCC3)sc2cc1NC(=O)c1cccc(C)n1. The van der Waals surface area contributed by atoms with Gasteiger partial charge in [0.2, 0.25) is 0 Å². The first-order chi connectivity index (χ1) is 15.1. The molecule has 174 valence electrons. The molecule has 32 heavy (non-hydrogen) atoms. The molecule has 6 nitrogen and oxygen atoms in total. The summed E-state index contributed by atoms with van der Waals surface area (Å²) in [6.07, 6.45) is 6.35. The number of ether oxygens (including phenoxy) is 1. The number of nitrogens with one attached hydrogen (secondary N) is 1. The predicted molar refractivity (Wildman–Crippen MR) is 134 cm³/mol. The van der Waals surface area contributed by atoms with Gasteiger partial charge >= 0.3 is 0 Å². The van der Waals surface area contributed by atoms with Gasteiger partial charge in [-0.2, -0.15) is 0 Å². The second kappa shape index (κ2) is 13.6. The van der Waals surface area contributed by atoms with Gasteiger partial charge in [-0.05, 0) is 38.0 Å². The zero-order valence-electron chi connectivity index (χ0n) is 18.7. The molecular formula is C25H35N3O3S. The molecule has 1 amide bonds. The molecule has 1 fully saturated rings. The third kappa shape index (κ3) is 6.60. The highest BCUT2D eigenvalue weighted by molar-refractivity contribution is 7.18. The average molecular weight is 458 g/mol. The summed E-state index contributed by atoms with van der Waals surface area (Å²) in [5, 5.41) is 4.14. The topological polar surface area (TPSA) is 81.2 Å². The molecule has 0 spiro atoms. The number of carbonyl (C=O) groups is 2. The van der Waals surface area contributed by atoms with Crippen LogP contribution in [-0.2, 0) is 4.79 Å². The maximum Gasteiger partial charge on any atom is 0.274 e. The summed E-state index contributed by atoms with van der Waals surface area (Å²) in [4.78, 5) is 29.7. The van der Waals surface area contributed by atoms with Crippen molar-refractivity contribution in [3.05, 3.63) is 46.7 Å². The molecule has 0 atom stereocenters. The highest BCUT2D eigenvalue weighted by Crippen LogP contribution is 2.39. The van der Waals surface area contributed by atoms with Crippen LogP contribution < -0.4 is 10.1 Å². The summed E-state index contributed by atoms with van der Waals surface area (Å²) in [5.41, 5.74) is 2.79. The molecular weight excluding hydrogens is 422 g/mol. The Morgan fingerprint density at radius 2 is 1.81 bits per heavy atom. The van der Waals surface area contributed by atoms with Crippen LogP contribution in [0.3, 0.4) is 0 Å². The van der Waals surface area contributed by atoms with Gasteiger partial charge in [-0.1, -0.05) is 46.6 Å². The molecule has 2 heterocycles. The van der Waals surface area contributed by atoms with Crippen LogP contribution in [0, 0.1) is 6.92 Å². The van der Waals surface area contributed by atoms with E-state index in [9.17, 15) is 4.79 Å². The van der Waals surface area contributed by atoms with Crippen LogP contribution in [-0.4, -0.2) is 29.8 Å². The van der Waals surface area contributed by atoms with Gasteiger partial charge in [0, 0.05) is 17.7 Å². The number of anilines is 1. The number of aryl methyl sites for hydroxylation is 1. The van der Waals surface area contributed by atoms with Crippen molar-refractivity contribution in [2.75, 3.05) is 12.4 Å². The van der Waals surface area contributed by atoms with Crippen LogP contribution in [0.5, 0.6) is 5.75 Å². The lowest BCUT2D eigenvalue weighted by Crippen LogP contribution is -2.14. The number of fused-ring (bicyclic) bond motifs is 1. The average Bonchev–Trinajstić information content (AvgIpc) is 3.24. The fourth-order valence-corrected chi connectivity index (χ4v) is 4.78. The largest absolute Gasteiger partial charge is 0.494 e. The summed E-state index contributed by atoms with van der Waals surface area (Å²) in [6, 6.07) is 9.29. The number of rotatable bonds is 4. The smallest absolute Gasteiger partial charge is 0.274 e. The van der Waals surface area contributed by atoms with E-state index in [1.807, 2.05) is 51.8 Å². The van der Waals surface area contributed by atoms with Crippen molar-refractivity contribution in [3.63, 3.8) is 0 Å². The van der Waals surface area contributed by atoms with Crippen LogP contribution in [0.4, 0.5) is 5.69 Å². The molecule has 0 radical (unpaired) electrons. The Morgan fingerprint density at radius 3 is 2.44 bits per heavy atom. The lowest BCUT2D eigenvalue weighted by Gasteiger charge is -2.18. The number of amides is 1. The van der Waals surface area contributed by atoms with E-state index < -0.39 is 0 Å². The maximum absolute atomic E-state index is 12.6. The summed E-state index contributed by atoms with van der Waals surface area (Å²) in [5.74, 6) is 0.939. The minimum Gasteiger partial charge on any atom is -0.494 e. The van der Waals surface area contributed by atoms with Gasteiger partial charge in [0.25, 0.3) is 5.91 Å². The Hall–Kier alpha value is -2.80. The Balaban J connectivity index is 0.000000971. The molecule has 3 aromatic rings. The molecule has 4 rings (SSSR count). The molecule has 0 aliphatic heterocycles. The van der Waals surface area contributed by atoms with Crippen LogP contribution in [0.25, 0.3) is 10.2 Å². The number of aromatic nitrogens is 2. The standard InChI is InChI=1S/C21H23N3O2S.C2H6.CH2O.CH4/c1-13-7-6-10-15(22-13)20(25)23-16-12-19-17(11-18(16)26-2)24-21(27-19)14-8-4-3-5-9-14;2*1-2;/h6-7,10-12,14H,3-5,8-9H2,1-2H3,(H,23,25);1-2H3;1H2;1H4. The number of hydrogen-bond donors (Lipinski definition) is 1. The number of benzene rings is 1. The second-order valence-electron chi connectivity index (χ2n) is 7.03. The number of carbonyl (C=O) groups excluding carboxylic acids is 2. The van der Waals surface area contributed by atoms with E-state index in [2.05, 4.69) is 10.3 Å². The molecule has 0 bridgehead atoms. The van der Waals surface area contributed by atoms with Crippen molar-refractivity contribution >= 4 is 39.9 Å². The minimum atomic E-state index is -0.242. The number of pyridine rings is 1. The van der Waals surface area contributed by atoms with Gasteiger partial charge in [0.15, 0.2) is 0 Å². The number of thiazole rings is 1. The maximum atomic E-state index is 12.6. The highest BCUT2D eigenvalue weighted by atomic mass is 32.1. The Bertz CT molecular complexity index is 997. The molecule has 1 N–H and O–H groups in total. The molecule has 1 aromatic carbocycles. The molecule has 2 aromatic heterocycles. The zero-order valence-corrected chi connectivity index (χ0v) is 19.6. The van der Waals surface area contributed by atoms with Gasteiger partial charge in [0.1, 0.15) is 18.2 Å². The lowest BCUT2D eigenvalue weighted by molar-refractivity contribution is -0.0980. The number of hydrogen-bond acceptors (Lipinski definition) is 6. The summed E-state index contributed by atoms with van der Waals surface area (Å²) >= 11 is 1.73. The van der Waals surface area contributed by atoms with Crippen molar-refractivity contribution in [1.82, 2.24) is 9.97 Å². The third-order valence-electron chi connectivity index (χ3n) is 5.05.